The quantitative estimate of drug-likeness (QED) is 0.717. The first-order chi connectivity index (χ1) is 12.7. The van der Waals surface area contributed by atoms with Crippen molar-refractivity contribution >= 4 is 0 Å². The first-order valence-corrected chi connectivity index (χ1v) is 8.63. The third-order valence-corrected chi connectivity index (χ3v) is 5.82. The number of nitriles is 2. The van der Waals surface area contributed by atoms with Crippen LogP contribution in [0.15, 0.2) is 83.7 Å². The number of benzene rings is 2. The Kier molecular flexibility index (Phi) is 2.82. The summed E-state index contributed by atoms with van der Waals surface area (Å²) < 4.78 is 0. The summed E-state index contributed by atoms with van der Waals surface area (Å²) in [4.78, 5) is 2.03. The Bertz CT molecular complexity index is 1090. The second-order valence-electron chi connectivity index (χ2n) is 6.85. The van der Waals surface area contributed by atoms with E-state index in [1.807, 2.05) is 48.2 Å². The van der Waals surface area contributed by atoms with Gasteiger partial charge in [0.05, 0.1) is 23.1 Å². The Balaban J connectivity index is 1.97. The SMILES string of the molecule is CC1=CC=CC2N1C(C#N)=C(C#N)C21c2ccccc2-c2ccccc21. The average molecular weight is 333 g/mol. The number of hydrogen-bond acceptors (Lipinski definition) is 3. The highest BCUT2D eigenvalue weighted by Gasteiger charge is 2.59. The van der Waals surface area contributed by atoms with Crippen molar-refractivity contribution in [3.05, 3.63) is 94.9 Å². The van der Waals surface area contributed by atoms with Crippen LogP contribution in [0, 0.1) is 22.7 Å². The second kappa shape index (κ2) is 4.97. The van der Waals surface area contributed by atoms with Crippen molar-refractivity contribution in [3.8, 4) is 23.3 Å². The summed E-state index contributed by atoms with van der Waals surface area (Å²) in [6, 6.07) is 21.2. The molecule has 2 aromatic carbocycles. The zero-order valence-electron chi connectivity index (χ0n) is 14.3. The maximum atomic E-state index is 10.1. The third kappa shape index (κ3) is 1.47. The van der Waals surface area contributed by atoms with Crippen LogP contribution in [0.3, 0.4) is 0 Å². The van der Waals surface area contributed by atoms with Crippen LogP contribution in [-0.2, 0) is 5.41 Å². The Morgan fingerprint density at radius 1 is 0.923 bits per heavy atom. The number of allylic oxidation sites excluding steroid dienone is 4. The van der Waals surface area contributed by atoms with Crippen molar-refractivity contribution in [3.63, 3.8) is 0 Å². The maximum Gasteiger partial charge on any atom is 0.136 e. The summed E-state index contributed by atoms with van der Waals surface area (Å²) in [5, 5.41) is 20.1. The monoisotopic (exact) mass is 333 g/mol. The second-order valence-corrected chi connectivity index (χ2v) is 6.85. The predicted octanol–water partition coefficient (Wildman–Crippen LogP) is 4.41. The van der Waals surface area contributed by atoms with Crippen LogP contribution in [0.5, 0.6) is 0 Å². The van der Waals surface area contributed by atoms with Gasteiger partial charge in [-0.3, -0.25) is 0 Å². The molecule has 0 bridgehead atoms. The van der Waals surface area contributed by atoms with Gasteiger partial charge in [-0.05, 0) is 35.3 Å². The van der Waals surface area contributed by atoms with E-state index in [0.29, 0.717) is 11.3 Å². The van der Waals surface area contributed by atoms with Crippen LogP contribution in [0.1, 0.15) is 18.1 Å². The van der Waals surface area contributed by atoms with Gasteiger partial charge in [0.1, 0.15) is 11.8 Å². The molecule has 2 aliphatic heterocycles. The summed E-state index contributed by atoms with van der Waals surface area (Å²) in [5.41, 5.74) is 5.86. The molecule has 1 aliphatic carbocycles. The van der Waals surface area contributed by atoms with Crippen molar-refractivity contribution in [2.24, 2.45) is 0 Å². The van der Waals surface area contributed by atoms with Crippen LogP contribution in [0.2, 0.25) is 0 Å². The molecule has 3 aliphatic rings. The Morgan fingerprint density at radius 3 is 2.12 bits per heavy atom. The van der Waals surface area contributed by atoms with E-state index in [1.165, 1.54) is 0 Å². The molecule has 0 aromatic heterocycles. The fourth-order valence-corrected chi connectivity index (χ4v) is 4.90. The predicted molar refractivity (Wildman–Crippen MR) is 99.4 cm³/mol. The van der Waals surface area contributed by atoms with Crippen LogP contribution < -0.4 is 0 Å². The highest BCUT2D eigenvalue weighted by atomic mass is 15.2. The molecule has 0 radical (unpaired) electrons. The van der Waals surface area contributed by atoms with E-state index in [-0.39, 0.29) is 6.04 Å². The highest BCUT2D eigenvalue weighted by molar-refractivity contribution is 5.86. The third-order valence-electron chi connectivity index (χ3n) is 5.82. The number of hydrogen-bond donors (Lipinski definition) is 0. The van der Waals surface area contributed by atoms with Gasteiger partial charge in [0.25, 0.3) is 0 Å². The smallest absolute Gasteiger partial charge is 0.136 e. The van der Waals surface area contributed by atoms with Gasteiger partial charge in [0.2, 0.25) is 0 Å². The lowest BCUT2D eigenvalue weighted by molar-refractivity contribution is 0.341. The van der Waals surface area contributed by atoms with Gasteiger partial charge in [-0.2, -0.15) is 10.5 Å². The number of rotatable bonds is 0. The molecule has 3 nitrogen and oxygen atoms in total. The van der Waals surface area contributed by atoms with E-state index >= 15 is 0 Å². The van der Waals surface area contributed by atoms with Crippen LogP contribution >= 0.6 is 0 Å². The fraction of sp³-hybridized carbons (Fsp3) is 0.130. The highest BCUT2D eigenvalue weighted by Crippen LogP contribution is 2.60. The van der Waals surface area contributed by atoms with E-state index in [4.69, 9.17) is 0 Å². The topological polar surface area (TPSA) is 50.8 Å². The Morgan fingerprint density at radius 2 is 1.54 bits per heavy atom. The lowest BCUT2D eigenvalue weighted by Crippen LogP contribution is -2.43. The van der Waals surface area contributed by atoms with E-state index < -0.39 is 5.41 Å². The summed E-state index contributed by atoms with van der Waals surface area (Å²) in [7, 11) is 0. The largest absolute Gasteiger partial charge is 0.327 e. The van der Waals surface area contributed by atoms with Gasteiger partial charge in [-0.1, -0.05) is 60.7 Å². The van der Waals surface area contributed by atoms with Crippen LogP contribution in [-0.4, -0.2) is 10.9 Å². The van der Waals surface area contributed by atoms with Gasteiger partial charge in [0, 0.05) is 5.70 Å². The molecular weight excluding hydrogens is 318 g/mol. The molecule has 2 aromatic rings. The zero-order chi connectivity index (χ0) is 17.9. The minimum Gasteiger partial charge on any atom is -0.327 e. The Hall–Kier alpha value is -3.56. The molecule has 26 heavy (non-hydrogen) atoms. The summed E-state index contributed by atoms with van der Waals surface area (Å²) in [6.45, 7) is 1.99. The summed E-state index contributed by atoms with van der Waals surface area (Å²) in [5.74, 6) is 0. The minimum absolute atomic E-state index is 0.110. The van der Waals surface area contributed by atoms with Crippen LogP contribution in [0.4, 0.5) is 0 Å². The lowest BCUT2D eigenvalue weighted by Gasteiger charge is -2.38. The maximum absolute atomic E-state index is 10.1. The first-order valence-electron chi connectivity index (χ1n) is 8.63. The lowest BCUT2D eigenvalue weighted by atomic mass is 9.68. The van der Waals surface area contributed by atoms with Crippen molar-refractivity contribution in [2.45, 2.75) is 18.4 Å². The normalized spacial score (nSPS) is 21.0. The summed E-state index contributed by atoms with van der Waals surface area (Å²) >= 11 is 0. The molecule has 0 saturated carbocycles. The zero-order valence-corrected chi connectivity index (χ0v) is 14.3. The van der Waals surface area contributed by atoms with Gasteiger partial charge < -0.3 is 4.90 Å². The van der Waals surface area contributed by atoms with E-state index in [9.17, 15) is 10.5 Å². The van der Waals surface area contributed by atoms with E-state index in [2.05, 4.69) is 42.5 Å². The van der Waals surface area contributed by atoms with Gasteiger partial charge >= 0.3 is 0 Å². The standard InChI is InChI=1S/C23H15N3/c1-15-7-6-12-22-23(20(13-24)21(14-25)26(15)22)18-10-4-2-8-16(18)17-9-3-5-11-19(17)23/h2-12,22H,1H3. The van der Waals surface area contributed by atoms with E-state index in [0.717, 1.165) is 28.0 Å². The first kappa shape index (κ1) is 14.8. The van der Waals surface area contributed by atoms with Gasteiger partial charge in [0.15, 0.2) is 0 Å². The molecule has 0 amide bonds. The molecule has 122 valence electrons. The van der Waals surface area contributed by atoms with Gasteiger partial charge in [-0.25, -0.2) is 0 Å². The van der Waals surface area contributed by atoms with Crippen molar-refractivity contribution < 1.29 is 0 Å². The summed E-state index contributed by atoms with van der Waals surface area (Å²) in [6.07, 6.45) is 6.15. The van der Waals surface area contributed by atoms with Crippen molar-refractivity contribution in [1.82, 2.24) is 4.90 Å². The molecule has 0 fully saturated rings. The minimum atomic E-state index is -0.640. The number of fused-ring (bicyclic) bond motifs is 7. The fourth-order valence-electron chi connectivity index (χ4n) is 4.90. The molecular formula is C23H15N3. The molecule has 1 unspecified atom stereocenters. The van der Waals surface area contributed by atoms with E-state index in [1.54, 1.807) is 0 Å². The average Bonchev–Trinajstić information content (AvgIpc) is 3.15. The molecule has 0 N–H and O–H groups in total. The number of nitrogens with zero attached hydrogens (tertiary/aromatic N) is 3. The Labute approximate surface area is 152 Å². The molecule has 2 heterocycles. The van der Waals surface area contributed by atoms with Crippen molar-refractivity contribution in [2.75, 3.05) is 0 Å². The molecule has 5 rings (SSSR count). The molecule has 0 saturated heterocycles. The van der Waals surface area contributed by atoms with Crippen LogP contribution in [0.25, 0.3) is 11.1 Å². The van der Waals surface area contributed by atoms with Crippen molar-refractivity contribution in [1.29, 1.82) is 10.5 Å². The molecule has 3 heteroatoms. The molecule has 1 spiro atoms. The molecule has 1 atom stereocenters. The van der Waals surface area contributed by atoms with Gasteiger partial charge in [-0.15, -0.1) is 0 Å².